The zero-order chi connectivity index (χ0) is 12.8. The smallest absolute Gasteiger partial charge is 0.434 e. The SMILES string of the molecule is CCOC(=O)Cn1nc([N+](=O)OC)cc1CO. The molecule has 0 aliphatic rings. The minimum absolute atomic E-state index is 0.0409. The van der Waals surface area contributed by atoms with Crippen molar-refractivity contribution in [2.75, 3.05) is 13.7 Å². The first-order chi connectivity index (χ1) is 8.12. The summed E-state index contributed by atoms with van der Waals surface area (Å²) in [6, 6.07) is 1.33. The zero-order valence-corrected chi connectivity index (χ0v) is 9.62. The lowest BCUT2D eigenvalue weighted by Gasteiger charge is -2.00. The van der Waals surface area contributed by atoms with Crippen LogP contribution in [-0.4, -0.2) is 39.5 Å². The van der Waals surface area contributed by atoms with E-state index in [9.17, 15) is 9.70 Å². The fraction of sp³-hybridized carbons (Fsp3) is 0.556. The van der Waals surface area contributed by atoms with Crippen LogP contribution in [0.15, 0.2) is 6.07 Å². The number of rotatable bonds is 6. The van der Waals surface area contributed by atoms with Gasteiger partial charge in [0.05, 0.1) is 30.1 Å². The molecule has 8 nitrogen and oxygen atoms in total. The van der Waals surface area contributed by atoms with E-state index in [1.807, 2.05) is 0 Å². The highest BCUT2D eigenvalue weighted by atomic mass is 16.8. The molecule has 94 valence electrons. The first-order valence-corrected chi connectivity index (χ1v) is 4.97. The van der Waals surface area contributed by atoms with Crippen LogP contribution in [0.25, 0.3) is 0 Å². The van der Waals surface area contributed by atoms with Crippen LogP contribution in [-0.2, 0) is 27.5 Å². The van der Waals surface area contributed by atoms with E-state index in [1.54, 1.807) is 6.92 Å². The molecule has 0 saturated carbocycles. The first-order valence-electron chi connectivity index (χ1n) is 4.97. The average Bonchev–Trinajstić information content (AvgIpc) is 2.71. The third kappa shape index (κ3) is 3.25. The van der Waals surface area contributed by atoms with Gasteiger partial charge in [-0.15, -0.1) is 0 Å². The Morgan fingerprint density at radius 2 is 2.35 bits per heavy atom. The van der Waals surface area contributed by atoms with E-state index in [0.717, 1.165) is 0 Å². The summed E-state index contributed by atoms with van der Waals surface area (Å²) >= 11 is 0. The molecule has 1 aromatic rings. The van der Waals surface area contributed by atoms with Gasteiger partial charge in [-0.05, 0) is 11.8 Å². The summed E-state index contributed by atoms with van der Waals surface area (Å²) in [5.41, 5.74) is 0.325. The van der Waals surface area contributed by atoms with E-state index in [2.05, 4.69) is 9.94 Å². The molecule has 0 amide bonds. The van der Waals surface area contributed by atoms with E-state index < -0.39 is 5.97 Å². The molecule has 0 aliphatic heterocycles. The normalized spacial score (nSPS) is 10.1. The van der Waals surface area contributed by atoms with Crippen molar-refractivity contribution in [1.29, 1.82) is 0 Å². The van der Waals surface area contributed by atoms with Crippen LogP contribution in [0.2, 0.25) is 0 Å². The molecule has 0 aromatic carbocycles. The first kappa shape index (κ1) is 13.1. The van der Waals surface area contributed by atoms with Crippen LogP contribution in [0, 0.1) is 4.91 Å². The molecule has 0 radical (unpaired) electrons. The van der Waals surface area contributed by atoms with Crippen molar-refractivity contribution in [3.05, 3.63) is 16.7 Å². The molecule has 0 spiro atoms. The molecule has 1 rings (SSSR count). The second-order valence-electron chi connectivity index (χ2n) is 3.05. The van der Waals surface area contributed by atoms with Gasteiger partial charge in [0.1, 0.15) is 7.11 Å². The Labute approximate surface area is 97.3 Å². The van der Waals surface area contributed by atoms with Crippen molar-refractivity contribution >= 4 is 11.8 Å². The van der Waals surface area contributed by atoms with Gasteiger partial charge in [0, 0.05) is 0 Å². The summed E-state index contributed by atoms with van der Waals surface area (Å²) in [5.74, 6) is -0.535. The Hall–Kier alpha value is -1.96. The van der Waals surface area contributed by atoms with Crippen molar-refractivity contribution in [1.82, 2.24) is 9.78 Å². The molecule has 0 bridgehead atoms. The molecule has 0 unspecified atom stereocenters. The summed E-state index contributed by atoms with van der Waals surface area (Å²) in [4.78, 5) is 27.0. The monoisotopic (exact) mass is 244 g/mol. The maximum atomic E-state index is 11.2. The van der Waals surface area contributed by atoms with Crippen LogP contribution in [0.3, 0.4) is 0 Å². The summed E-state index contributed by atoms with van der Waals surface area (Å²) in [5, 5.41) is 12.9. The van der Waals surface area contributed by atoms with Gasteiger partial charge in [-0.25, -0.2) is 4.79 Å². The molecule has 0 fully saturated rings. The minimum Gasteiger partial charge on any atom is -0.465 e. The van der Waals surface area contributed by atoms with Gasteiger partial charge in [-0.3, -0.25) is 0 Å². The van der Waals surface area contributed by atoms with Gasteiger partial charge in [0.25, 0.3) is 0 Å². The lowest BCUT2D eigenvalue weighted by atomic mass is 10.4. The van der Waals surface area contributed by atoms with Crippen molar-refractivity contribution in [3.8, 4) is 0 Å². The second-order valence-corrected chi connectivity index (χ2v) is 3.05. The molecule has 1 aromatic heterocycles. The third-order valence-electron chi connectivity index (χ3n) is 1.95. The van der Waals surface area contributed by atoms with E-state index in [4.69, 9.17) is 9.84 Å². The Morgan fingerprint density at radius 3 is 2.88 bits per heavy atom. The highest BCUT2D eigenvalue weighted by molar-refractivity contribution is 5.69. The number of carbonyl (C=O) groups is 1. The van der Waals surface area contributed by atoms with E-state index in [0.29, 0.717) is 5.69 Å². The number of aliphatic hydroxyl groups is 1. The number of carbonyl (C=O) groups excluding carboxylic acids is 1. The fourth-order valence-electron chi connectivity index (χ4n) is 1.22. The molecular formula is C9H14N3O5+. The number of nitrogens with zero attached hydrogens (tertiary/aromatic N) is 3. The van der Waals surface area contributed by atoms with E-state index >= 15 is 0 Å². The van der Waals surface area contributed by atoms with Gasteiger partial charge in [-0.1, -0.05) is 0 Å². The summed E-state index contributed by atoms with van der Waals surface area (Å²) < 4.78 is 5.93. The maximum absolute atomic E-state index is 11.2. The molecule has 0 aliphatic carbocycles. The highest BCUT2D eigenvalue weighted by Crippen LogP contribution is 2.12. The number of hydrogen-bond donors (Lipinski definition) is 1. The van der Waals surface area contributed by atoms with E-state index in [1.165, 1.54) is 17.9 Å². The van der Waals surface area contributed by atoms with Gasteiger partial charge >= 0.3 is 11.8 Å². The van der Waals surface area contributed by atoms with Crippen LogP contribution in [0.5, 0.6) is 0 Å². The largest absolute Gasteiger partial charge is 0.465 e. The Balaban J connectivity index is 2.87. The quantitative estimate of drug-likeness (QED) is 0.555. The summed E-state index contributed by atoms with van der Waals surface area (Å²) in [6.45, 7) is 1.43. The Bertz CT molecular complexity index is 415. The Morgan fingerprint density at radius 1 is 1.65 bits per heavy atom. The van der Waals surface area contributed by atoms with Gasteiger partial charge in [0.2, 0.25) is 0 Å². The van der Waals surface area contributed by atoms with Crippen molar-refractivity contribution in [2.45, 2.75) is 20.1 Å². The van der Waals surface area contributed by atoms with Crippen molar-refractivity contribution < 1.29 is 24.4 Å². The molecule has 1 heterocycles. The predicted octanol–water partition coefficient (Wildman–Crippen LogP) is -0.0897. The number of esters is 1. The van der Waals surface area contributed by atoms with Crippen LogP contribution < -0.4 is 0 Å². The van der Waals surface area contributed by atoms with Crippen molar-refractivity contribution in [2.24, 2.45) is 0 Å². The maximum Gasteiger partial charge on any atom is 0.434 e. The lowest BCUT2D eigenvalue weighted by Crippen LogP contribution is -2.16. The van der Waals surface area contributed by atoms with Crippen LogP contribution in [0.4, 0.5) is 5.82 Å². The topological polar surface area (TPSA) is 93.7 Å². The summed E-state index contributed by atoms with van der Waals surface area (Å²) in [7, 11) is 1.19. The predicted molar refractivity (Wildman–Crippen MR) is 55.1 cm³/mol. The number of ether oxygens (including phenoxy) is 1. The van der Waals surface area contributed by atoms with Gasteiger partial charge in [-0.2, -0.15) is 4.68 Å². The molecule has 0 atom stereocenters. The second kappa shape index (κ2) is 5.94. The highest BCUT2D eigenvalue weighted by Gasteiger charge is 2.23. The van der Waals surface area contributed by atoms with E-state index in [-0.39, 0.29) is 30.5 Å². The van der Waals surface area contributed by atoms with Crippen LogP contribution >= 0.6 is 0 Å². The Kier molecular flexibility index (Phi) is 4.58. The average molecular weight is 244 g/mol. The molecule has 17 heavy (non-hydrogen) atoms. The van der Waals surface area contributed by atoms with Gasteiger partial charge < -0.3 is 14.7 Å². The van der Waals surface area contributed by atoms with Crippen molar-refractivity contribution in [3.63, 3.8) is 0 Å². The number of aromatic nitrogens is 2. The molecule has 1 N–H and O–H groups in total. The third-order valence-corrected chi connectivity index (χ3v) is 1.95. The number of aliphatic hydroxyl groups excluding tert-OH is 1. The summed E-state index contributed by atoms with van der Waals surface area (Å²) in [6.07, 6.45) is 0. The van der Waals surface area contributed by atoms with Gasteiger partial charge in [0.15, 0.2) is 11.5 Å². The number of hydrogen-bond acceptors (Lipinski definition) is 6. The minimum atomic E-state index is -0.494. The zero-order valence-electron chi connectivity index (χ0n) is 9.62. The lowest BCUT2D eigenvalue weighted by molar-refractivity contribution is -0.739. The van der Waals surface area contributed by atoms with Crippen LogP contribution in [0.1, 0.15) is 12.6 Å². The molecule has 8 heteroatoms. The fourth-order valence-corrected chi connectivity index (χ4v) is 1.22. The standard InChI is InChI=1S/C9H14N3O5/c1-3-17-9(14)5-11-7(6-13)4-8(10-11)12(15)16-2/h4,13H,3,5-6H2,1-2H3/q+1. The molecule has 0 saturated heterocycles. The molecular weight excluding hydrogens is 230 g/mol.